The Morgan fingerprint density at radius 2 is 1.82 bits per heavy atom. The molecule has 0 bridgehead atoms. The Morgan fingerprint density at radius 3 is 2.41 bits per heavy atom. The Balaban J connectivity index is 2.55. The molecule has 90 valence electrons. The molecule has 1 aromatic heterocycles. The van der Waals surface area contributed by atoms with E-state index in [1.807, 2.05) is 6.07 Å². The van der Waals surface area contributed by atoms with Crippen molar-refractivity contribution in [3.05, 3.63) is 56.8 Å². The molecule has 0 radical (unpaired) electrons. The molecule has 0 aliphatic heterocycles. The lowest BCUT2D eigenvalue weighted by Crippen LogP contribution is -2.06. The topological polar surface area (TPSA) is 20.2 Å². The van der Waals surface area contributed by atoms with E-state index in [2.05, 4.69) is 0 Å². The summed E-state index contributed by atoms with van der Waals surface area (Å²) >= 11 is 1.29. The zero-order valence-electron chi connectivity index (χ0n) is 9.50. The summed E-state index contributed by atoms with van der Waals surface area (Å²) in [7, 11) is 0. The summed E-state index contributed by atoms with van der Waals surface area (Å²) < 4.78 is 27.5. The fourth-order valence-electron chi connectivity index (χ4n) is 1.72. The quantitative estimate of drug-likeness (QED) is 0.866. The molecule has 0 fully saturated rings. The summed E-state index contributed by atoms with van der Waals surface area (Å²) in [4.78, 5) is 0.577. The van der Waals surface area contributed by atoms with Gasteiger partial charge in [-0.2, -0.15) is 0 Å². The number of hydrogen-bond donors (Lipinski definition) is 1. The Morgan fingerprint density at radius 1 is 1.12 bits per heavy atom. The van der Waals surface area contributed by atoms with Crippen molar-refractivity contribution in [1.82, 2.24) is 0 Å². The van der Waals surface area contributed by atoms with Crippen molar-refractivity contribution < 1.29 is 13.9 Å². The van der Waals surface area contributed by atoms with Crippen LogP contribution < -0.4 is 0 Å². The summed E-state index contributed by atoms with van der Waals surface area (Å²) in [5.74, 6) is -1.39. The monoisotopic (exact) mass is 254 g/mol. The van der Waals surface area contributed by atoms with Crippen molar-refractivity contribution in [2.45, 2.75) is 20.0 Å². The number of benzene rings is 1. The van der Waals surface area contributed by atoms with Crippen LogP contribution in [0.2, 0.25) is 0 Å². The second kappa shape index (κ2) is 4.55. The van der Waals surface area contributed by atoms with Crippen molar-refractivity contribution >= 4 is 11.3 Å². The second-order valence-corrected chi connectivity index (χ2v) is 4.91. The normalized spacial score (nSPS) is 12.8. The number of aliphatic hydroxyl groups excluding tert-OH is 1. The Kier molecular flexibility index (Phi) is 3.26. The molecule has 0 saturated carbocycles. The lowest BCUT2D eigenvalue weighted by molar-refractivity contribution is 0.212. The average Bonchev–Trinajstić information content (AvgIpc) is 2.70. The highest BCUT2D eigenvalue weighted by molar-refractivity contribution is 7.10. The van der Waals surface area contributed by atoms with Crippen LogP contribution in [0, 0.1) is 25.5 Å². The predicted octanol–water partition coefficient (Wildman–Crippen LogP) is 3.72. The highest BCUT2D eigenvalue weighted by Gasteiger charge is 2.23. The molecule has 17 heavy (non-hydrogen) atoms. The third-order valence-electron chi connectivity index (χ3n) is 2.74. The zero-order valence-corrected chi connectivity index (χ0v) is 10.3. The SMILES string of the molecule is Cc1ccsc1C(O)c1c(F)ccc(C)c1F. The zero-order chi connectivity index (χ0) is 12.6. The molecule has 0 saturated heterocycles. The molecule has 1 unspecified atom stereocenters. The number of aliphatic hydroxyl groups is 1. The molecule has 4 heteroatoms. The molecule has 0 aliphatic carbocycles. The van der Waals surface area contributed by atoms with E-state index in [9.17, 15) is 13.9 Å². The molecule has 1 heterocycles. The van der Waals surface area contributed by atoms with Crippen molar-refractivity contribution in [3.8, 4) is 0 Å². The summed E-state index contributed by atoms with van der Waals surface area (Å²) in [5, 5.41) is 11.9. The van der Waals surface area contributed by atoms with Crippen LogP contribution >= 0.6 is 11.3 Å². The lowest BCUT2D eigenvalue weighted by atomic mass is 10.0. The van der Waals surface area contributed by atoms with Gasteiger partial charge in [0.2, 0.25) is 0 Å². The van der Waals surface area contributed by atoms with Crippen LogP contribution in [0.25, 0.3) is 0 Å². The molecule has 0 aliphatic rings. The van der Waals surface area contributed by atoms with E-state index in [0.717, 1.165) is 5.56 Å². The first kappa shape index (κ1) is 12.2. The fourth-order valence-corrected chi connectivity index (χ4v) is 2.64. The molecule has 0 amide bonds. The van der Waals surface area contributed by atoms with E-state index in [1.165, 1.54) is 23.5 Å². The predicted molar refractivity (Wildman–Crippen MR) is 64.2 cm³/mol. The number of thiophene rings is 1. The molecule has 1 aromatic carbocycles. The first-order valence-corrected chi connectivity index (χ1v) is 6.07. The van der Waals surface area contributed by atoms with Crippen molar-refractivity contribution in [3.63, 3.8) is 0 Å². The molecule has 2 aromatic rings. The second-order valence-electron chi connectivity index (χ2n) is 3.96. The number of aryl methyl sites for hydroxylation is 2. The smallest absolute Gasteiger partial charge is 0.135 e. The van der Waals surface area contributed by atoms with Crippen molar-refractivity contribution in [1.29, 1.82) is 0 Å². The summed E-state index contributed by atoms with van der Waals surface area (Å²) in [6.45, 7) is 3.35. The third-order valence-corrected chi connectivity index (χ3v) is 3.81. The van der Waals surface area contributed by atoms with Gasteiger partial charge in [0.25, 0.3) is 0 Å². The van der Waals surface area contributed by atoms with Gasteiger partial charge in [-0.3, -0.25) is 0 Å². The van der Waals surface area contributed by atoms with Gasteiger partial charge in [-0.05, 0) is 42.5 Å². The lowest BCUT2D eigenvalue weighted by Gasteiger charge is -2.13. The Labute approximate surface area is 102 Å². The van der Waals surface area contributed by atoms with E-state index in [4.69, 9.17) is 0 Å². The summed E-state index contributed by atoms with van der Waals surface area (Å²) in [5.41, 5.74) is 0.896. The van der Waals surface area contributed by atoms with Crippen molar-refractivity contribution in [2.75, 3.05) is 0 Å². The van der Waals surface area contributed by atoms with E-state index in [0.29, 0.717) is 10.4 Å². The van der Waals surface area contributed by atoms with E-state index in [1.54, 1.807) is 19.2 Å². The van der Waals surface area contributed by atoms with Gasteiger partial charge in [0.15, 0.2) is 0 Å². The van der Waals surface area contributed by atoms with Crippen LogP contribution in [0.4, 0.5) is 8.78 Å². The molecule has 1 nitrogen and oxygen atoms in total. The molecule has 2 rings (SSSR count). The molecule has 1 N–H and O–H groups in total. The Hall–Kier alpha value is -1.26. The van der Waals surface area contributed by atoms with E-state index < -0.39 is 17.7 Å². The Bertz CT molecular complexity index is 548. The minimum absolute atomic E-state index is 0.268. The van der Waals surface area contributed by atoms with E-state index >= 15 is 0 Å². The fraction of sp³-hybridized carbons (Fsp3) is 0.231. The van der Waals surface area contributed by atoms with Gasteiger partial charge in [-0.15, -0.1) is 11.3 Å². The van der Waals surface area contributed by atoms with Crippen LogP contribution in [0.1, 0.15) is 27.7 Å². The van der Waals surface area contributed by atoms with E-state index in [-0.39, 0.29) is 5.56 Å². The summed E-state index contributed by atoms with van der Waals surface area (Å²) in [6.07, 6.45) is -1.24. The minimum atomic E-state index is -1.24. The van der Waals surface area contributed by atoms with Gasteiger partial charge in [-0.1, -0.05) is 6.07 Å². The van der Waals surface area contributed by atoms with Gasteiger partial charge in [0, 0.05) is 4.88 Å². The van der Waals surface area contributed by atoms with Gasteiger partial charge < -0.3 is 5.11 Å². The maximum absolute atomic E-state index is 13.8. The van der Waals surface area contributed by atoms with Crippen LogP contribution in [0.15, 0.2) is 23.6 Å². The molecule has 1 atom stereocenters. The third kappa shape index (κ3) is 2.10. The molecule has 0 spiro atoms. The standard InChI is InChI=1S/C13H12F2OS/c1-7-3-4-9(14)10(11(7)15)12(16)13-8(2)5-6-17-13/h3-6,12,16H,1-2H3. The van der Waals surface area contributed by atoms with Gasteiger partial charge in [0.1, 0.15) is 17.7 Å². The first-order valence-electron chi connectivity index (χ1n) is 5.19. The highest BCUT2D eigenvalue weighted by Crippen LogP contribution is 2.32. The van der Waals surface area contributed by atoms with Crippen molar-refractivity contribution in [2.24, 2.45) is 0 Å². The highest BCUT2D eigenvalue weighted by atomic mass is 32.1. The maximum atomic E-state index is 13.8. The largest absolute Gasteiger partial charge is 0.383 e. The first-order chi connectivity index (χ1) is 8.02. The van der Waals surface area contributed by atoms with Gasteiger partial charge in [-0.25, -0.2) is 8.78 Å². The van der Waals surface area contributed by atoms with Gasteiger partial charge >= 0.3 is 0 Å². The minimum Gasteiger partial charge on any atom is -0.383 e. The molecular weight excluding hydrogens is 242 g/mol. The van der Waals surface area contributed by atoms with Crippen LogP contribution in [0.5, 0.6) is 0 Å². The van der Waals surface area contributed by atoms with Crippen LogP contribution in [-0.2, 0) is 0 Å². The summed E-state index contributed by atoms with van der Waals surface area (Å²) in [6, 6.07) is 4.36. The number of hydrogen-bond acceptors (Lipinski definition) is 2. The number of halogens is 2. The van der Waals surface area contributed by atoms with Crippen LogP contribution in [-0.4, -0.2) is 5.11 Å². The maximum Gasteiger partial charge on any atom is 0.135 e. The van der Waals surface area contributed by atoms with Gasteiger partial charge in [0.05, 0.1) is 5.56 Å². The van der Waals surface area contributed by atoms with Crippen LogP contribution in [0.3, 0.4) is 0 Å². The average molecular weight is 254 g/mol. The number of rotatable bonds is 2. The molecular formula is C13H12F2OS.